The third-order valence-electron chi connectivity index (χ3n) is 4.14. The van der Waals surface area contributed by atoms with Crippen LogP contribution in [-0.2, 0) is 9.63 Å². The number of piperidine rings is 1. The van der Waals surface area contributed by atoms with Crippen LogP contribution in [0.3, 0.4) is 0 Å². The summed E-state index contributed by atoms with van der Waals surface area (Å²) >= 11 is 0. The van der Waals surface area contributed by atoms with Crippen molar-refractivity contribution in [3.05, 3.63) is 24.3 Å². The van der Waals surface area contributed by atoms with Gasteiger partial charge in [-0.1, -0.05) is 23.7 Å². The fraction of sp³-hybridized carbons (Fsp3) is 0.556. The minimum Gasteiger partial charge on any atom is -0.492 e. The van der Waals surface area contributed by atoms with Crippen LogP contribution in [0, 0.1) is 0 Å². The number of para-hydroxylation sites is 2. The third-order valence-corrected chi connectivity index (χ3v) is 4.14. The van der Waals surface area contributed by atoms with Crippen LogP contribution in [0.15, 0.2) is 29.4 Å². The molecule has 0 bridgehead atoms. The number of likely N-dealkylation sites (tertiary alicyclic amines) is 1. The maximum absolute atomic E-state index is 12.0. The van der Waals surface area contributed by atoms with Crippen LogP contribution < -0.4 is 15.8 Å². The predicted molar refractivity (Wildman–Crippen MR) is 98.7 cm³/mol. The monoisotopic (exact) mass is 348 g/mol. The van der Waals surface area contributed by atoms with Gasteiger partial charge in [-0.25, -0.2) is 0 Å². The lowest BCUT2D eigenvalue weighted by Gasteiger charge is -2.32. The summed E-state index contributed by atoms with van der Waals surface area (Å²) in [5.74, 6) is 0.701. The summed E-state index contributed by atoms with van der Waals surface area (Å²) in [6, 6.07) is 7.76. The van der Waals surface area contributed by atoms with Gasteiger partial charge in [0.1, 0.15) is 5.75 Å². The van der Waals surface area contributed by atoms with Crippen LogP contribution in [0.4, 0.5) is 5.69 Å². The maximum atomic E-state index is 12.0. The average Bonchev–Trinajstić information content (AvgIpc) is 2.59. The molecular formula is C18H28N4O3. The van der Waals surface area contributed by atoms with Gasteiger partial charge < -0.3 is 20.6 Å². The van der Waals surface area contributed by atoms with E-state index in [1.807, 2.05) is 19.1 Å². The van der Waals surface area contributed by atoms with E-state index in [2.05, 4.69) is 22.3 Å². The molecule has 1 heterocycles. The third kappa shape index (κ3) is 6.26. The van der Waals surface area contributed by atoms with Crippen molar-refractivity contribution in [2.45, 2.75) is 39.2 Å². The Morgan fingerprint density at radius 1 is 1.40 bits per heavy atom. The first-order valence-corrected chi connectivity index (χ1v) is 8.80. The van der Waals surface area contributed by atoms with E-state index in [4.69, 9.17) is 15.3 Å². The summed E-state index contributed by atoms with van der Waals surface area (Å²) in [5.41, 5.74) is 6.51. The number of carbonyl (C=O) groups is 1. The number of carbonyl (C=O) groups excluding carboxylic acids is 1. The number of ether oxygens (including phenoxy) is 1. The molecule has 1 fully saturated rings. The highest BCUT2D eigenvalue weighted by Gasteiger charge is 2.19. The van der Waals surface area contributed by atoms with E-state index in [0.29, 0.717) is 36.5 Å². The summed E-state index contributed by atoms with van der Waals surface area (Å²) < 4.78 is 5.47. The van der Waals surface area contributed by atoms with Gasteiger partial charge in [0.2, 0.25) is 0 Å². The number of nitrogens with one attached hydrogen (secondary N) is 1. The summed E-state index contributed by atoms with van der Waals surface area (Å²) in [6.45, 7) is 6.00. The van der Waals surface area contributed by atoms with Gasteiger partial charge >= 0.3 is 0 Å². The van der Waals surface area contributed by atoms with E-state index in [1.54, 1.807) is 12.1 Å². The maximum Gasteiger partial charge on any atom is 0.265 e. The number of amides is 1. The molecule has 7 heteroatoms. The van der Waals surface area contributed by atoms with Crippen molar-refractivity contribution in [1.29, 1.82) is 0 Å². The SMILES string of the molecule is CCOc1ccccc1NC(=O)CO/N=C(\N)CN1CCCC[C@@H]1C. The molecule has 25 heavy (non-hydrogen) atoms. The molecule has 1 saturated heterocycles. The first-order valence-electron chi connectivity index (χ1n) is 8.80. The second-order valence-electron chi connectivity index (χ2n) is 6.15. The summed E-state index contributed by atoms with van der Waals surface area (Å²) in [6.07, 6.45) is 3.62. The van der Waals surface area contributed by atoms with E-state index < -0.39 is 0 Å². The van der Waals surface area contributed by atoms with Gasteiger partial charge in [-0.2, -0.15) is 0 Å². The van der Waals surface area contributed by atoms with Gasteiger partial charge in [0.15, 0.2) is 12.4 Å². The van der Waals surface area contributed by atoms with Crippen molar-refractivity contribution in [2.75, 3.05) is 31.6 Å². The number of anilines is 1. The Morgan fingerprint density at radius 3 is 2.96 bits per heavy atom. The van der Waals surface area contributed by atoms with Crippen molar-refractivity contribution < 1.29 is 14.4 Å². The van der Waals surface area contributed by atoms with E-state index in [9.17, 15) is 4.79 Å². The van der Waals surface area contributed by atoms with Crippen LogP contribution >= 0.6 is 0 Å². The average molecular weight is 348 g/mol. The normalized spacial score (nSPS) is 18.6. The Bertz CT molecular complexity index is 591. The van der Waals surface area contributed by atoms with E-state index >= 15 is 0 Å². The lowest BCUT2D eigenvalue weighted by molar-refractivity contribution is -0.120. The smallest absolute Gasteiger partial charge is 0.265 e. The number of benzene rings is 1. The summed E-state index contributed by atoms with van der Waals surface area (Å²) in [4.78, 5) is 19.4. The van der Waals surface area contributed by atoms with Crippen molar-refractivity contribution in [3.63, 3.8) is 0 Å². The van der Waals surface area contributed by atoms with Crippen molar-refractivity contribution in [2.24, 2.45) is 10.9 Å². The number of nitrogens with two attached hydrogens (primary N) is 1. The standard InChI is InChI=1S/C18H28N4O3/c1-3-24-16-10-5-4-9-15(16)20-18(23)13-25-21-17(19)12-22-11-7-6-8-14(22)2/h4-5,9-10,14H,3,6-8,11-13H2,1-2H3,(H2,19,21)(H,20,23)/t14-/m0/s1. The van der Waals surface area contributed by atoms with Crippen LogP contribution in [0.1, 0.15) is 33.1 Å². The van der Waals surface area contributed by atoms with Crippen molar-refractivity contribution in [1.82, 2.24) is 4.90 Å². The summed E-state index contributed by atoms with van der Waals surface area (Å²) in [7, 11) is 0. The zero-order valence-corrected chi connectivity index (χ0v) is 15.0. The second kappa shape index (κ2) is 9.88. The quantitative estimate of drug-likeness (QED) is 0.427. The van der Waals surface area contributed by atoms with Crippen LogP contribution in [0.2, 0.25) is 0 Å². The predicted octanol–water partition coefficient (Wildman–Crippen LogP) is 2.19. The topological polar surface area (TPSA) is 89.2 Å². The first-order chi connectivity index (χ1) is 12.1. The van der Waals surface area contributed by atoms with Crippen molar-refractivity contribution in [3.8, 4) is 5.75 Å². The molecule has 3 N–H and O–H groups in total. The van der Waals surface area contributed by atoms with Gasteiger partial charge in [0, 0.05) is 6.04 Å². The van der Waals surface area contributed by atoms with Crippen LogP contribution in [-0.4, -0.2) is 49.0 Å². The molecule has 1 aromatic carbocycles. The van der Waals surface area contributed by atoms with E-state index in [-0.39, 0.29) is 12.5 Å². The Hall–Kier alpha value is -2.28. The van der Waals surface area contributed by atoms with Gasteiger partial charge in [-0.05, 0) is 45.4 Å². The highest BCUT2D eigenvalue weighted by molar-refractivity contribution is 5.93. The molecule has 1 aromatic rings. The number of amidine groups is 1. The van der Waals surface area contributed by atoms with Crippen LogP contribution in [0.5, 0.6) is 5.75 Å². The minimum atomic E-state index is -0.310. The van der Waals surface area contributed by atoms with Crippen molar-refractivity contribution >= 4 is 17.4 Å². The Kier molecular flexibility index (Phi) is 7.53. The van der Waals surface area contributed by atoms with Gasteiger partial charge in [-0.3, -0.25) is 9.69 Å². The first kappa shape index (κ1) is 19.1. The number of oxime groups is 1. The molecule has 0 radical (unpaired) electrons. The van der Waals surface area contributed by atoms with Gasteiger partial charge in [-0.15, -0.1) is 0 Å². The Labute approximate surface area is 149 Å². The molecule has 2 rings (SSSR count). The highest BCUT2D eigenvalue weighted by atomic mass is 16.6. The molecule has 0 spiro atoms. The van der Waals surface area contributed by atoms with Gasteiger partial charge in [0.25, 0.3) is 5.91 Å². The number of nitrogens with zero attached hydrogens (tertiary/aromatic N) is 2. The fourth-order valence-corrected chi connectivity index (χ4v) is 2.84. The highest BCUT2D eigenvalue weighted by Crippen LogP contribution is 2.23. The zero-order valence-electron chi connectivity index (χ0n) is 15.0. The molecule has 1 aliphatic rings. The number of hydrogen-bond donors (Lipinski definition) is 2. The molecular weight excluding hydrogens is 320 g/mol. The number of hydrogen-bond acceptors (Lipinski definition) is 5. The van der Waals surface area contributed by atoms with E-state index in [1.165, 1.54) is 19.3 Å². The minimum absolute atomic E-state index is 0.198. The Balaban J connectivity index is 1.77. The second-order valence-corrected chi connectivity index (χ2v) is 6.15. The molecule has 0 aliphatic carbocycles. The van der Waals surface area contributed by atoms with Crippen LogP contribution in [0.25, 0.3) is 0 Å². The molecule has 1 aliphatic heterocycles. The van der Waals surface area contributed by atoms with Gasteiger partial charge in [0.05, 0.1) is 18.8 Å². The molecule has 0 saturated carbocycles. The zero-order chi connectivity index (χ0) is 18.1. The lowest BCUT2D eigenvalue weighted by Crippen LogP contribution is -2.42. The molecule has 7 nitrogen and oxygen atoms in total. The number of rotatable bonds is 8. The molecule has 138 valence electrons. The largest absolute Gasteiger partial charge is 0.492 e. The Morgan fingerprint density at radius 2 is 2.20 bits per heavy atom. The van der Waals surface area contributed by atoms with E-state index in [0.717, 1.165) is 6.54 Å². The molecule has 0 unspecified atom stereocenters. The fourth-order valence-electron chi connectivity index (χ4n) is 2.84. The molecule has 1 atom stereocenters. The molecule has 0 aromatic heterocycles. The molecule has 1 amide bonds. The lowest BCUT2D eigenvalue weighted by atomic mass is 10.0. The summed E-state index contributed by atoms with van der Waals surface area (Å²) in [5, 5.41) is 6.60.